The molecule has 0 unspecified atom stereocenters. The summed E-state index contributed by atoms with van der Waals surface area (Å²) in [5.74, 6) is -0.281. The number of benzene rings is 1. The molecule has 25 heavy (non-hydrogen) atoms. The van der Waals surface area contributed by atoms with Crippen LogP contribution in [0.4, 0.5) is 5.82 Å². The summed E-state index contributed by atoms with van der Waals surface area (Å²) in [4.78, 5) is 16.5. The molecule has 0 radical (unpaired) electrons. The van der Waals surface area contributed by atoms with Crippen molar-refractivity contribution in [3.63, 3.8) is 0 Å². The molecule has 0 saturated heterocycles. The Morgan fingerprint density at radius 2 is 1.92 bits per heavy atom. The first-order chi connectivity index (χ1) is 11.8. The van der Waals surface area contributed by atoms with Crippen molar-refractivity contribution in [3.8, 4) is 0 Å². The number of nitrogens with zero attached hydrogens (tertiary/aromatic N) is 1. The SMILES string of the molecule is CC(C)c1nc(NS(=O)(=O)c2ccc(Cl)cc2)cc2c1C(=O)OCC2. The fourth-order valence-electron chi connectivity index (χ4n) is 2.66. The molecule has 8 heteroatoms. The van der Waals surface area contributed by atoms with E-state index in [1.807, 2.05) is 13.8 Å². The van der Waals surface area contributed by atoms with Gasteiger partial charge in [-0.15, -0.1) is 0 Å². The average molecular weight is 381 g/mol. The molecular weight excluding hydrogens is 364 g/mol. The van der Waals surface area contributed by atoms with Crippen molar-refractivity contribution in [2.45, 2.75) is 31.1 Å². The zero-order valence-corrected chi connectivity index (χ0v) is 15.3. The van der Waals surface area contributed by atoms with Gasteiger partial charge in [-0.1, -0.05) is 25.4 Å². The third kappa shape index (κ3) is 3.62. The molecule has 132 valence electrons. The second kappa shape index (κ2) is 6.65. The van der Waals surface area contributed by atoms with Gasteiger partial charge in [-0.25, -0.2) is 18.2 Å². The molecule has 1 aromatic carbocycles. The number of hydrogen-bond acceptors (Lipinski definition) is 5. The predicted octanol–water partition coefficient (Wildman–Crippen LogP) is 3.37. The van der Waals surface area contributed by atoms with Gasteiger partial charge in [0.25, 0.3) is 10.0 Å². The lowest BCUT2D eigenvalue weighted by Gasteiger charge is -2.21. The van der Waals surface area contributed by atoms with E-state index in [-0.39, 0.29) is 23.2 Å². The Balaban J connectivity index is 2.02. The number of rotatable bonds is 4. The van der Waals surface area contributed by atoms with Crippen LogP contribution in [-0.2, 0) is 21.2 Å². The summed E-state index contributed by atoms with van der Waals surface area (Å²) < 4.78 is 32.6. The van der Waals surface area contributed by atoms with Gasteiger partial charge < -0.3 is 4.74 Å². The van der Waals surface area contributed by atoms with Gasteiger partial charge in [-0.3, -0.25) is 4.72 Å². The van der Waals surface area contributed by atoms with Crippen molar-refractivity contribution in [1.82, 2.24) is 4.98 Å². The quantitative estimate of drug-likeness (QED) is 0.822. The van der Waals surface area contributed by atoms with Crippen LogP contribution in [0.1, 0.15) is 41.4 Å². The molecule has 0 fully saturated rings. The minimum absolute atomic E-state index is 0.0561. The van der Waals surface area contributed by atoms with Crippen molar-refractivity contribution >= 4 is 33.4 Å². The highest BCUT2D eigenvalue weighted by molar-refractivity contribution is 7.92. The summed E-state index contributed by atoms with van der Waals surface area (Å²) in [6.45, 7) is 4.06. The van der Waals surface area contributed by atoms with Crippen molar-refractivity contribution in [3.05, 3.63) is 52.2 Å². The molecule has 1 aromatic heterocycles. The first kappa shape index (κ1) is 17.7. The molecule has 0 amide bonds. The lowest BCUT2D eigenvalue weighted by Crippen LogP contribution is -2.23. The second-order valence-electron chi connectivity index (χ2n) is 6.03. The molecule has 0 spiro atoms. The Bertz CT molecular complexity index is 924. The lowest BCUT2D eigenvalue weighted by atomic mass is 9.96. The van der Waals surface area contributed by atoms with Gasteiger partial charge in [0.2, 0.25) is 0 Å². The smallest absolute Gasteiger partial charge is 0.340 e. The number of halogens is 1. The van der Waals surface area contributed by atoms with Gasteiger partial charge in [-0.2, -0.15) is 0 Å². The molecule has 1 N–H and O–H groups in total. The molecule has 0 saturated carbocycles. The maximum atomic E-state index is 12.5. The Labute approximate surface area is 151 Å². The fourth-order valence-corrected chi connectivity index (χ4v) is 3.78. The standard InChI is InChI=1S/C17H17ClN2O4S/c1-10(2)16-15-11(7-8-24-17(15)21)9-14(19-16)20-25(22,23)13-5-3-12(18)4-6-13/h3-6,9-10H,7-8H2,1-2H3,(H,19,20). The number of carbonyl (C=O) groups excluding carboxylic acids is 1. The summed E-state index contributed by atoms with van der Waals surface area (Å²) in [6, 6.07) is 7.45. The first-order valence-corrected chi connectivity index (χ1v) is 9.63. The number of nitrogens with one attached hydrogen (secondary N) is 1. The number of anilines is 1. The number of esters is 1. The van der Waals surface area contributed by atoms with Crippen LogP contribution in [0, 0.1) is 0 Å². The van der Waals surface area contributed by atoms with Crippen molar-refractivity contribution < 1.29 is 17.9 Å². The zero-order chi connectivity index (χ0) is 18.2. The number of aromatic nitrogens is 1. The molecule has 0 bridgehead atoms. The maximum Gasteiger partial charge on any atom is 0.340 e. The molecule has 2 aromatic rings. The third-order valence-corrected chi connectivity index (χ3v) is 5.47. The van der Waals surface area contributed by atoms with Gasteiger partial charge in [-0.05, 0) is 41.8 Å². The van der Waals surface area contributed by atoms with Crippen LogP contribution >= 0.6 is 11.6 Å². The van der Waals surface area contributed by atoms with E-state index < -0.39 is 16.0 Å². The third-order valence-electron chi connectivity index (χ3n) is 3.85. The Morgan fingerprint density at radius 1 is 1.24 bits per heavy atom. The molecular formula is C17H17ClN2O4S. The zero-order valence-electron chi connectivity index (χ0n) is 13.7. The van der Waals surface area contributed by atoms with Crippen LogP contribution in [-0.4, -0.2) is 26.0 Å². The first-order valence-electron chi connectivity index (χ1n) is 7.77. The molecule has 0 atom stereocenters. The number of carbonyl (C=O) groups is 1. The normalized spacial score (nSPS) is 14.2. The topological polar surface area (TPSA) is 85.4 Å². The van der Waals surface area contributed by atoms with Crippen LogP contribution < -0.4 is 4.72 Å². The number of ether oxygens (including phenoxy) is 1. The molecule has 1 aliphatic heterocycles. The van der Waals surface area contributed by atoms with E-state index in [2.05, 4.69) is 9.71 Å². The second-order valence-corrected chi connectivity index (χ2v) is 8.15. The molecule has 1 aliphatic rings. The van der Waals surface area contributed by atoms with E-state index in [0.29, 0.717) is 22.7 Å². The van der Waals surface area contributed by atoms with Gasteiger partial charge >= 0.3 is 5.97 Å². The van der Waals surface area contributed by atoms with E-state index in [9.17, 15) is 13.2 Å². The summed E-state index contributed by atoms with van der Waals surface area (Å²) in [6.07, 6.45) is 0.527. The van der Waals surface area contributed by atoms with E-state index >= 15 is 0 Å². The van der Waals surface area contributed by atoms with Gasteiger partial charge in [0.05, 0.1) is 22.8 Å². The van der Waals surface area contributed by atoms with Crippen LogP contribution in [0.5, 0.6) is 0 Å². The summed E-state index contributed by atoms with van der Waals surface area (Å²) >= 11 is 5.80. The van der Waals surface area contributed by atoms with Crippen LogP contribution in [0.3, 0.4) is 0 Å². The Hall–Kier alpha value is -2.12. The number of hydrogen-bond donors (Lipinski definition) is 1. The molecule has 0 aliphatic carbocycles. The highest BCUT2D eigenvalue weighted by Crippen LogP contribution is 2.28. The van der Waals surface area contributed by atoms with Crippen LogP contribution in [0.15, 0.2) is 35.2 Å². The lowest BCUT2D eigenvalue weighted by molar-refractivity contribution is 0.0477. The Kier molecular flexibility index (Phi) is 4.71. The summed E-state index contributed by atoms with van der Waals surface area (Å²) in [7, 11) is -3.80. The van der Waals surface area contributed by atoms with E-state index in [0.717, 1.165) is 5.56 Å². The van der Waals surface area contributed by atoms with Crippen molar-refractivity contribution in [1.29, 1.82) is 0 Å². The Morgan fingerprint density at radius 3 is 2.56 bits per heavy atom. The van der Waals surface area contributed by atoms with Crippen molar-refractivity contribution in [2.75, 3.05) is 11.3 Å². The summed E-state index contributed by atoms with van der Waals surface area (Å²) in [5, 5.41) is 0.450. The number of fused-ring (bicyclic) bond motifs is 1. The van der Waals surface area contributed by atoms with Gasteiger partial charge in [0, 0.05) is 11.4 Å². The van der Waals surface area contributed by atoms with E-state index in [1.165, 1.54) is 24.3 Å². The highest BCUT2D eigenvalue weighted by Gasteiger charge is 2.27. The van der Waals surface area contributed by atoms with Gasteiger partial charge in [0.15, 0.2) is 0 Å². The number of cyclic esters (lactones) is 1. The average Bonchev–Trinajstić information content (AvgIpc) is 2.54. The van der Waals surface area contributed by atoms with E-state index in [1.54, 1.807) is 6.07 Å². The number of pyridine rings is 1. The largest absolute Gasteiger partial charge is 0.462 e. The summed E-state index contributed by atoms with van der Waals surface area (Å²) in [5.41, 5.74) is 1.70. The minimum Gasteiger partial charge on any atom is -0.462 e. The highest BCUT2D eigenvalue weighted by atomic mass is 35.5. The van der Waals surface area contributed by atoms with Crippen LogP contribution in [0.25, 0.3) is 0 Å². The molecule has 2 heterocycles. The monoisotopic (exact) mass is 380 g/mol. The van der Waals surface area contributed by atoms with Crippen LogP contribution in [0.2, 0.25) is 5.02 Å². The van der Waals surface area contributed by atoms with Crippen molar-refractivity contribution in [2.24, 2.45) is 0 Å². The molecule has 6 nitrogen and oxygen atoms in total. The molecule has 3 rings (SSSR count). The van der Waals surface area contributed by atoms with E-state index in [4.69, 9.17) is 16.3 Å². The predicted molar refractivity (Wildman–Crippen MR) is 94.6 cm³/mol. The maximum absolute atomic E-state index is 12.5. The number of sulfonamides is 1. The fraction of sp³-hybridized carbons (Fsp3) is 0.294. The van der Waals surface area contributed by atoms with Gasteiger partial charge in [0.1, 0.15) is 5.82 Å². The minimum atomic E-state index is -3.80.